The van der Waals surface area contributed by atoms with E-state index in [0.29, 0.717) is 28.2 Å². The summed E-state index contributed by atoms with van der Waals surface area (Å²) < 4.78 is 10.9. The van der Waals surface area contributed by atoms with Crippen LogP contribution in [0.25, 0.3) is 0 Å². The van der Waals surface area contributed by atoms with Crippen LogP contribution in [-0.4, -0.2) is 25.8 Å². The van der Waals surface area contributed by atoms with Gasteiger partial charge in [-0.2, -0.15) is 5.10 Å². The van der Waals surface area contributed by atoms with Crippen LogP contribution in [0.5, 0.6) is 11.5 Å². The Bertz CT molecular complexity index is 779. The van der Waals surface area contributed by atoms with Crippen LogP contribution in [0.1, 0.15) is 29.3 Å². The molecule has 0 heterocycles. The topological polar surface area (TPSA) is 59.9 Å². The quantitative estimate of drug-likeness (QED) is 0.565. The third-order valence-electron chi connectivity index (χ3n) is 3.20. The Morgan fingerprint density at radius 1 is 1.20 bits per heavy atom. The smallest absolute Gasteiger partial charge is 0.272 e. The first kappa shape index (κ1) is 19.1. The predicted molar refractivity (Wildman–Crippen MR) is 100 cm³/mol. The Morgan fingerprint density at radius 2 is 2.00 bits per heavy atom. The van der Waals surface area contributed by atoms with E-state index < -0.39 is 5.91 Å². The lowest BCUT2D eigenvalue weighted by molar-refractivity contribution is 0.0955. The second-order valence-corrected chi connectivity index (χ2v) is 5.93. The molecule has 0 fully saturated rings. The van der Waals surface area contributed by atoms with E-state index in [0.717, 1.165) is 12.0 Å². The summed E-state index contributed by atoms with van der Waals surface area (Å²) in [5, 5.41) is 4.66. The number of hydrogen-bond acceptors (Lipinski definition) is 4. The molecule has 0 unspecified atom stereocenters. The van der Waals surface area contributed by atoms with Gasteiger partial charge in [-0.25, -0.2) is 5.43 Å². The van der Waals surface area contributed by atoms with Crippen molar-refractivity contribution in [3.05, 3.63) is 57.6 Å². The van der Waals surface area contributed by atoms with Gasteiger partial charge < -0.3 is 9.47 Å². The molecule has 2 aromatic rings. The molecule has 0 bridgehead atoms. The first-order chi connectivity index (χ1) is 12.0. The lowest BCUT2D eigenvalue weighted by Gasteiger charge is -2.10. The second kappa shape index (κ2) is 9.30. The fourth-order valence-electron chi connectivity index (χ4n) is 1.99. The summed E-state index contributed by atoms with van der Waals surface area (Å²) in [5.74, 6) is 0.816. The Labute approximate surface area is 156 Å². The molecular weight excluding hydrogens is 363 g/mol. The summed E-state index contributed by atoms with van der Waals surface area (Å²) in [6.45, 7) is 2.64. The van der Waals surface area contributed by atoms with Gasteiger partial charge in [-0.3, -0.25) is 4.79 Å². The fourth-order valence-corrected chi connectivity index (χ4v) is 2.37. The maximum atomic E-state index is 12.1. The monoisotopic (exact) mass is 380 g/mol. The molecule has 25 heavy (non-hydrogen) atoms. The van der Waals surface area contributed by atoms with Crippen molar-refractivity contribution in [2.45, 2.75) is 13.3 Å². The zero-order chi connectivity index (χ0) is 18.2. The number of amides is 1. The largest absolute Gasteiger partial charge is 0.493 e. The first-order valence-electron chi connectivity index (χ1n) is 7.64. The van der Waals surface area contributed by atoms with E-state index in [9.17, 15) is 4.79 Å². The van der Waals surface area contributed by atoms with Gasteiger partial charge in [0, 0.05) is 5.02 Å². The SMILES string of the molecule is CCCOc1ccc(/C=N\NC(=O)c2cc(Cl)ccc2Cl)cc1OC. The maximum absolute atomic E-state index is 12.1. The Morgan fingerprint density at radius 3 is 2.72 bits per heavy atom. The normalized spacial score (nSPS) is 10.7. The number of halogens is 2. The number of methoxy groups -OCH3 is 1. The molecule has 7 heteroatoms. The molecule has 1 amide bonds. The minimum Gasteiger partial charge on any atom is -0.493 e. The van der Waals surface area contributed by atoms with Gasteiger partial charge in [-0.05, 0) is 48.4 Å². The van der Waals surface area contributed by atoms with Crippen LogP contribution in [0, 0.1) is 0 Å². The lowest BCUT2D eigenvalue weighted by atomic mass is 10.2. The molecule has 0 aliphatic rings. The molecule has 2 aromatic carbocycles. The van der Waals surface area contributed by atoms with Gasteiger partial charge in [0.2, 0.25) is 0 Å². The van der Waals surface area contributed by atoms with Crippen LogP contribution in [0.3, 0.4) is 0 Å². The zero-order valence-electron chi connectivity index (χ0n) is 13.9. The number of carbonyl (C=O) groups excluding carboxylic acids is 1. The number of ether oxygens (including phenoxy) is 2. The van der Waals surface area contributed by atoms with Crippen LogP contribution in [-0.2, 0) is 0 Å². The minimum absolute atomic E-state index is 0.257. The highest BCUT2D eigenvalue weighted by Crippen LogP contribution is 2.27. The molecule has 0 atom stereocenters. The van der Waals surface area contributed by atoms with E-state index in [4.69, 9.17) is 32.7 Å². The van der Waals surface area contributed by atoms with Crippen molar-refractivity contribution >= 4 is 35.3 Å². The average Bonchev–Trinajstić information content (AvgIpc) is 2.62. The number of nitrogens with one attached hydrogen (secondary N) is 1. The molecule has 2 rings (SSSR count). The van der Waals surface area contributed by atoms with Gasteiger partial charge in [0.25, 0.3) is 5.91 Å². The average molecular weight is 381 g/mol. The van der Waals surface area contributed by atoms with E-state index in [1.54, 1.807) is 31.4 Å². The molecule has 0 aliphatic heterocycles. The molecule has 0 saturated heterocycles. The van der Waals surface area contributed by atoms with Gasteiger partial charge in [0.05, 0.1) is 30.5 Å². The Hall–Kier alpha value is -2.24. The molecule has 0 aromatic heterocycles. The van der Waals surface area contributed by atoms with Crippen molar-refractivity contribution in [3.63, 3.8) is 0 Å². The van der Waals surface area contributed by atoms with E-state index in [-0.39, 0.29) is 5.56 Å². The lowest BCUT2D eigenvalue weighted by Crippen LogP contribution is -2.18. The number of hydrazone groups is 1. The van der Waals surface area contributed by atoms with Crippen LogP contribution in [0.4, 0.5) is 0 Å². The third-order valence-corrected chi connectivity index (χ3v) is 3.77. The second-order valence-electron chi connectivity index (χ2n) is 5.08. The summed E-state index contributed by atoms with van der Waals surface area (Å²) in [6.07, 6.45) is 2.41. The number of hydrogen-bond donors (Lipinski definition) is 1. The van der Waals surface area contributed by atoms with Crippen molar-refractivity contribution < 1.29 is 14.3 Å². The van der Waals surface area contributed by atoms with E-state index in [1.807, 2.05) is 13.0 Å². The van der Waals surface area contributed by atoms with Crippen molar-refractivity contribution in [1.82, 2.24) is 5.43 Å². The number of rotatable bonds is 7. The van der Waals surface area contributed by atoms with Crippen molar-refractivity contribution in [3.8, 4) is 11.5 Å². The maximum Gasteiger partial charge on any atom is 0.272 e. The molecule has 0 radical (unpaired) electrons. The highest BCUT2D eigenvalue weighted by Gasteiger charge is 2.10. The van der Waals surface area contributed by atoms with Gasteiger partial charge >= 0.3 is 0 Å². The van der Waals surface area contributed by atoms with Crippen molar-refractivity contribution in [2.75, 3.05) is 13.7 Å². The molecule has 132 valence electrons. The van der Waals surface area contributed by atoms with E-state index in [1.165, 1.54) is 12.3 Å². The van der Waals surface area contributed by atoms with Crippen LogP contribution in [0.2, 0.25) is 10.0 Å². The summed E-state index contributed by atoms with van der Waals surface area (Å²) in [7, 11) is 1.57. The zero-order valence-corrected chi connectivity index (χ0v) is 15.4. The summed E-state index contributed by atoms with van der Waals surface area (Å²) in [6, 6.07) is 10.0. The fraction of sp³-hybridized carbons (Fsp3) is 0.222. The Kier molecular flexibility index (Phi) is 7.10. The highest BCUT2D eigenvalue weighted by molar-refractivity contribution is 6.35. The third kappa shape index (κ3) is 5.37. The van der Waals surface area contributed by atoms with Crippen molar-refractivity contribution in [1.29, 1.82) is 0 Å². The van der Waals surface area contributed by atoms with Crippen molar-refractivity contribution in [2.24, 2.45) is 5.10 Å². The molecule has 0 saturated carbocycles. The van der Waals surface area contributed by atoms with Gasteiger partial charge in [0.15, 0.2) is 11.5 Å². The molecule has 0 spiro atoms. The minimum atomic E-state index is -0.446. The van der Waals surface area contributed by atoms with Gasteiger partial charge in [-0.15, -0.1) is 0 Å². The van der Waals surface area contributed by atoms with Gasteiger partial charge in [-0.1, -0.05) is 30.1 Å². The Balaban J connectivity index is 2.06. The number of carbonyl (C=O) groups is 1. The first-order valence-corrected chi connectivity index (χ1v) is 8.40. The standard InChI is InChI=1S/C18H18Cl2N2O3/c1-3-8-25-16-7-4-12(9-17(16)24-2)11-21-22-18(23)14-10-13(19)5-6-15(14)20/h4-7,9-11H,3,8H2,1-2H3,(H,22,23)/b21-11-. The predicted octanol–water partition coefficient (Wildman–Crippen LogP) is 4.55. The van der Waals surface area contributed by atoms with Gasteiger partial charge in [0.1, 0.15) is 0 Å². The summed E-state index contributed by atoms with van der Waals surface area (Å²) in [5.41, 5.74) is 3.42. The molecule has 0 aliphatic carbocycles. The highest BCUT2D eigenvalue weighted by atomic mass is 35.5. The van der Waals surface area contributed by atoms with E-state index >= 15 is 0 Å². The van der Waals surface area contributed by atoms with Crippen LogP contribution >= 0.6 is 23.2 Å². The molecule has 5 nitrogen and oxygen atoms in total. The summed E-state index contributed by atoms with van der Waals surface area (Å²) in [4.78, 5) is 12.1. The molecule has 1 N–H and O–H groups in total. The summed E-state index contributed by atoms with van der Waals surface area (Å²) >= 11 is 11.9. The van der Waals surface area contributed by atoms with Crippen LogP contribution < -0.4 is 14.9 Å². The molecular formula is C18H18Cl2N2O3. The van der Waals surface area contributed by atoms with E-state index in [2.05, 4.69) is 10.5 Å². The van der Waals surface area contributed by atoms with Crippen LogP contribution in [0.15, 0.2) is 41.5 Å². The number of nitrogens with zero attached hydrogens (tertiary/aromatic N) is 1. The number of benzene rings is 2.